The first-order valence-electron chi connectivity index (χ1n) is 9.34. The SMILES string of the molecule is COc1cc(-n2cccc2)c(Cl)cc1C(=O)NC(C)c1ccc2c(c1)NC(=O)CO2. The van der Waals surface area contributed by atoms with Gasteiger partial charge < -0.3 is 24.7 Å². The summed E-state index contributed by atoms with van der Waals surface area (Å²) < 4.78 is 12.7. The van der Waals surface area contributed by atoms with Crippen LogP contribution in [0.3, 0.4) is 0 Å². The first-order valence-corrected chi connectivity index (χ1v) is 9.72. The number of hydrogen-bond acceptors (Lipinski definition) is 4. The first-order chi connectivity index (χ1) is 14.5. The Hall–Kier alpha value is -3.45. The van der Waals surface area contributed by atoms with E-state index in [9.17, 15) is 9.59 Å². The molecule has 3 aromatic rings. The van der Waals surface area contributed by atoms with Crippen LogP contribution in [-0.4, -0.2) is 30.1 Å². The lowest BCUT2D eigenvalue weighted by Gasteiger charge is -2.21. The molecule has 0 radical (unpaired) electrons. The van der Waals surface area contributed by atoms with Gasteiger partial charge in [-0.25, -0.2) is 0 Å². The number of benzene rings is 2. The summed E-state index contributed by atoms with van der Waals surface area (Å²) in [5.74, 6) is 0.488. The minimum absolute atomic E-state index is 0.00179. The number of nitrogens with one attached hydrogen (secondary N) is 2. The van der Waals surface area contributed by atoms with Crippen molar-refractivity contribution in [2.45, 2.75) is 13.0 Å². The maximum absolute atomic E-state index is 12.9. The van der Waals surface area contributed by atoms with Gasteiger partial charge in [0.1, 0.15) is 11.5 Å². The monoisotopic (exact) mass is 425 g/mol. The Morgan fingerprint density at radius 3 is 2.77 bits per heavy atom. The number of aromatic nitrogens is 1. The molecule has 2 heterocycles. The number of carbonyl (C=O) groups excluding carboxylic acids is 2. The molecule has 2 amide bonds. The molecule has 0 bridgehead atoms. The average Bonchev–Trinajstić information content (AvgIpc) is 3.27. The summed E-state index contributed by atoms with van der Waals surface area (Å²) in [7, 11) is 1.51. The second kappa shape index (κ2) is 8.12. The van der Waals surface area contributed by atoms with Crippen LogP contribution in [0.1, 0.15) is 28.9 Å². The van der Waals surface area contributed by atoms with Gasteiger partial charge in [0.15, 0.2) is 6.61 Å². The molecule has 0 spiro atoms. The van der Waals surface area contributed by atoms with E-state index in [0.717, 1.165) is 5.56 Å². The van der Waals surface area contributed by atoms with Crippen molar-refractivity contribution in [3.63, 3.8) is 0 Å². The van der Waals surface area contributed by atoms with Crippen LogP contribution in [0.15, 0.2) is 54.9 Å². The van der Waals surface area contributed by atoms with E-state index in [4.69, 9.17) is 21.1 Å². The molecule has 1 unspecified atom stereocenters. The average molecular weight is 426 g/mol. The van der Waals surface area contributed by atoms with Gasteiger partial charge >= 0.3 is 0 Å². The van der Waals surface area contributed by atoms with Crippen LogP contribution in [0.4, 0.5) is 5.69 Å². The van der Waals surface area contributed by atoms with E-state index in [1.807, 2.05) is 42.1 Å². The summed E-state index contributed by atoms with van der Waals surface area (Å²) in [5.41, 5.74) is 2.46. The van der Waals surface area contributed by atoms with E-state index in [-0.39, 0.29) is 24.5 Å². The van der Waals surface area contributed by atoms with Gasteiger partial charge in [0.2, 0.25) is 0 Å². The highest BCUT2D eigenvalue weighted by Gasteiger charge is 2.21. The van der Waals surface area contributed by atoms with Crippen LogP contribution in [0.2, 0.25) is 5.02 Å². The number of amides is 2. The van der Waals surface area contributed by atoms with E-state index in [2.05, 4.69) is 10.6 Å². The normalized spacial score (nSPS) is 13.6. The Kier molecular flexibility index (Phi) is 5.37. The summed E-state index contributed by atoms with van der Waals surface area (Å²) in [6, 6.07) is 12.2. The van der Waals surface area contributed by atoms with Crippen molar-refractivity contribution in [2.24, 2.45) is 0 Å². The Bertz CT molecular complexity index is 1110. The third-order valence-electron chi connectivity index (χ3n) is 4.88. The van der Waals surface area contributed by atoms with Crippen molar-refractivity contribution < 1.29 is 19.1 Å². The van der Waals surface area contributed by atoms with Crippen LogP contribution >= 0.6 is 11.6 Å². The van der Waals surface area contributed by atoms with Crippen molar-refractivity contribution in [1.82, 2.24) is 9.88 Å². The molecular weight excluding hydrogens is 406 g/mol. The number of carbonyl (C=O) groups is 2. The lowest BCUT2D eigenvalue weighted by atomic mass is 10.1. The number of fused-ring (bicyclic) bond motifs is 1. The van der Waals surface area contributed by atoms with Crippen LogP contribution in [0, 0.1) is 0 Å². The van der Waals surface area contributed by atoms with E-state index in [0.29, 0.717) is 33.5 Å². The predicted octanol–water partition coefficient (Wildman–Crippen LogP) is 3.96. The van der Waals surface area contributed by atoms with Crippen molar-refractivity contribution in [3.05, 3.63) is 71.0 Å². The van der Waals surface area contributed by atoms with Gasteiger partial charge in [0.05, 0.1) is 35.1 Å². The molecule has 1 atom stereocenters. The highest BCUT2D eigenvalue weighted by atomic mass is 35.5. The number of nitrogens with zero attached hydrogens (tertiary/aromatic N) is 1. The third kappa shape index (κ3) is 3.84. The molecule has 1 aromatic heterocycles. The Balaban J connectivity index is 1.57. The highest BCUT2D eigenvalue weighted by Crippen LogP contribution is 2.32. The fourth-order valence-corrected chi connectivity index (χ4v) is 3.57. The fourth-order valence-electron chi connectivity index (χ4n) is 3.31. The Morgan fingerprint density at radius 1 is 1.27 bits per heavy atom. The molecule has 4 rings (SSSR count). The van der Waals surface area contributed by atoms with Gasteiger partial charge in [-0.15, -0.1) is 0 Å². The van der Waals surface area contributed by atoms with Crippen LogP contribution in [-0.2, 0) is 4.79 Å². The third-order valence-corrected chi connectivity index (χ3v) is 5.18. The standard InChI is InChI=1S/C22H20ClN3O4/c1-13(14-5-6-19-17(9-14)25-21(27)12-30-19)24-22(28)15-10-16(23)18(11-20(15)29-2)26-7-3-4-8-26/h3-11,13H,12H2,1-2H3,(H,24,28)(H,25,27). The molecule has 1 aliphatic rings. The number of rotatable bonds is 5. The van der Waals surface area contributed by atoms with Crippen LogP contribution in [0.5, 0.6) is 11.5 Å². The van der Waals surface area contributed by atoms with Gasteiger partial charge in [-0.2, -0.15) is 0 Å². The van der Waals surface area contributed by atoms with Gasteiger partial charge in [-0.1, -0.05) is 17.7 Å². The van der Waals surface area contributed by atoms with Crippen molar-refractivity contribution in [2.75, 3.05) is 19.0 Å². The molecule has 8 heteroatoms. The van der Waals surface area contributed by atoms with Crippen LogP contribution < -0.4 is 20.1 Å². The molecule has 2 aromatic carbocycles. The minimum atomic E-state index is -0.325. The van der Waals surface area contributed by atoms with E-state index in [1.165, 1.54) is 7.11 Å². The van der Waals surface area contributed by atoms with Gasteiger partial charge in [-0.3, -0.25) is 9.59 Å². The molecule has 0 saturated heterocycles. The van der Waals surface area contributed by atoms with Crippen LogP contribution in [0.25, 0.3) is 5.69 Å². The molecule has 2 N–H and O–H groups in total. The lowest BCUT2D eigenvalue weighted by Crippen LogP contribution is -2.28. The molecule has 0 aliphatic carbocycles. The minimum Gasteiger partial charge on any atom is -0.496 e. The van der Waals surface area contributed by atoms with Gasteiger partial charge in [0.25, 0.3) is 11.8 Å². The number of hydrogen-bond donors (Lipinski definition) is 2. The number of ether oxygens (including phenoxy) is 2. The molecule has 0 fully saturated rings. The van der Waals surface area contributed by atoms with E-state index < -0.39 is 0 Å². The second-order valence-corrected chi connectivity index (χ2v) is 7.29. The maximum Gasteiger partial charge on any atom is 0.262 e. The summed E-state index contributed by atoms with van der Waals surface area (Å²) >= 11 is 6.43. The van der Waals surface area contributed by atoms with E-state index in [1.54, 1.807) is 24.3 Å². The zero-order chi connectivity index (χ0) is 21.3. The molecule has 30 heavy (non-hydrogen) atoms. The second-order valence-electron chi connectivity index (χ2n) is 6.88. The Labute approximate surface area is 178 Å². The summed E-state index contributed by atoms with van der Waals surface area (Å²) in [6.45, 7) is 1.85. The fraction of sp³-hybridized carbons (Fsp3) is 0.182. The quantitative estimate of drug-likeness (QED) is 0.648. The maximum atomic E-state index is 12.9. The summed E-state index contributed by atoms with van der Waals surface area (Å²) in [6.07, 6.45) is 3.72. The van der Waals surface area contributed by atoms with Crippen molar-refractivity contribution >= 4 is 29.1 Å². The smallest absolute Gasteiger partial charge is 0.262 e. The zero-order valence-electron chi connectivity index (χ0n) is 16.4. The van der Waals surface area contributed by atoms with Gasteiger partial charge in [0, 0.05) is 18.5 Å². The van der Waals surface area contributed by atoms with Gasteiger partial charge in [-0.05, 0) is 42.8 Å². The molecular formula is C22H20ClN3O4. The highest BCUT2D eigenvalue weighted by molar-refractivity contribution is 6.33. The van der Waals surface area contributed by atoms with E-state index >= 15 is 0 Å². The molecule has 0 saturated carbocycles. The number of anilines is 1. The number of methoxy groups -OCH3 is 1. The Morgan fingerprint density at radius 2 is 2.03 bits per heavy atom. The first kappa shape index (κ1) is 19.8. The predicted molar refractivity (Wildman–Crippen MR) is 114 cm³/mol. The zero-order valence-corrected chi connectivity index (χ0v) is 17.2. The molecule has 7 nitrogen and oxygen atoms in total. The topological polar surface area (TPSA) is 81.6 Å². The summed E-state index contributed by atoms with van der Waals surface area (Å²) in [5, 5.41) is 6.15. The lowest BCUT2D eigenvalue weighted by molar-refractivity contribution is -0.118. The molecule has 1 aliphatic heterocycles. The van der Waals surface area contributed by atoms with Crippen molar-refractivity contribution in [1.29, 1.82) is 0 Å². The van der Waals surface area contributed by atoms with Crippen molar-refractivity contribution in [3.8, 4) is 17.2 Å². The number of halogens is 1. The summed E-state index contributed by atoms with van der Waals surface area (Å²) in [4.78, 5) is 24.5. The largest absolute Gasteiger partial charge is 0.496 e. The molecule has 154 valence electrons.